The van der Waals surface area contributed by atoms with Gasteiger partial charge in [-0.2, -0.15) is 14.3 Å². The minimum absolute atomic E-state index is 0.0744. The first-order valence-electron chi connectivity index (χ1n) is 9.13. The summed E-state index contributed by atoms with van der Waals surface area (Å²) in [5, 5.41) is 7.66. The predicted molar refractivity (Wildman–Crippen MR) is 106 cm³/mol. The molecule has 0 unspecified atom stereocenters. The van der Waals surface area contributed by atoms with Gasteiger partial charge in [-0.3, -0.25) is 0 Å². The van der Waals surface area contributed by atoms with E-state index in [9.17, 15) is 9.18 Å². The molecule has 4 rings (SSSR count). The van der Waals surface area contributed by atoms with Gasteiger partial charge in [-0.25, -0.2) is 9.18 Å². The first-order chi connectivity index (χ1) is 14.5. The number of tetrazole rings is 1. The third-order valence-corrected chi connectivity index (χ3v) is 4.45. The van der Waals surface area contributed by atoms with E-state index in [1.807, 2.05) is 19.1 Å². The molecule has 0 atom stereocenters. The van der Waals surface area contributed by atoms with Gasteiger partial charge in [-0.1, -0.05) is 30.3 Å². The summed E-state index contributed by atoms with van der Waals surface area (Å²) in [6.45, 7) is 2.05. The molecule has 0 saturated heterocycles. The van der Waals surface area contributed by atoms with Gasteiger partial charge in [-0.15, -0.1) is 0 Å². The summed E-state index contributed by atoms with van der Waals surface area (Å²) in [6, 6.07) is 16.6. The van der Waals surface area contributed by atoms with Crippen LogP contribution < -0.4 is 15.2 Å². The summed E-state index contributed by atoms with van der Waals surface area (Å²) in [5.41, 5.74) is 1.90. The summed E-state index contributed by atoms with van der Waals surface area (Å²) in [4.78, 5) is 16.5. The molecule has 0 spiro atoms. The van der Waals surface area contributed by atoms with Gasteiger partial charge in [0.15, 0.2) is 11.6 Å². The number of benzene rings is 2. The minimum atomic E-state index is -0.482. The van der Waals surface area contributed by atoms with Crippen LogP contribution in [0.5, 0.6) is 17.5 Å². The first kappa shape index (κ1) is 19.3. The molecule has 0 fully saturated rings. The molecule has 0 aliphatic carbocycles. The fourth-order valence-electron chi connectivity index (χ4n) is 2.86. The van der Waals surface area contributed by atoms with Gasteiger partial charge < -0.3 is 9.47 Å². The largest absolute Gasteiger partial charge is 0.473 e. The van der Waals surface area contributed by atoms with Crippen LogP contribution in [0.4, 0.5) is 4.39 Å². The second kappa shape index (κ2) is 8.16. The lowest BCUT2D eigenvalue weighted by molar-refractivity contribution is 0.288. The molecule has 4 aromatic rings. The third kappa shape index (κ3) is 3.90. The van der Waals surface area contributed by atoms with Gasteiger partial charge in [-0.05, 0) is 41.1 Å². The Morgan fingerprint density at radius 1 is 0.967 bits per heavy atom. The van der Waals surface area contributed by atoms with Crippen LogP contribution in [0.1, 0.15) is 11.1 Å². The normalized spacial score (nSPS) is 10.8. The van der Waals surface area contributed by atoms with Crippen molar-refractivity contribution >= 4 is 0 Å². The second-order valence-corrected chi connectivity index (χ2v) is 6.50. The van der Waals surface area contributed by atoms with Gasteiger partial charge in [0.1, 0.15) is 6.61 Å². The zero-order chi connectivity index (χ0) is 21.1. The monoisotopic (exact) mass is 407 g/mol. The van der Waals surface area contributed by atoms with E-state index in [4.69, 9.17) is 9.47 Å². The number of aromatic nitrogens is 5. The van der Waals surface area contributed by atoms with Crippen LogP contribution in [0, 0.1) is 12.7 Å². The molecule has 0 bridgehead atoms. The Morgan fingerprint density at radius 2 is 1.73 bits per heavy atom. The van der Waals surface area contributed by atoms with Gasteiger partial charge in [0, 0.05) is 24.7 Å². The molecular formula is C21H18FN5O3. The highest BCUT2D eigenvalue weighted by Crippen LogP contribution is 2.25. The van der Waals surface area contributed by atoms with Crippen molar-refractivity contribution in [1.82, 2.24) is 24.8 Å². The molecule has 9 heteroatoms. The van der Waals surface area contributed by atoms with Crippen LogP contribution >= 0.6 is 0 Å². The molecule has 2 heterocycles. The van der Waals surface area contributed by atoms with Crippen LogP contribution in [0.2, 0.25) is 0 Å². The fraction of sp³-hybridized carbons (Fsp3) is 0.143. The van der Waals surface area contributed by atoms with Crippen LogP contribution in [0.15, 0.2) is 65.5 Å². The van der Waals surface area contributed by atoms with Crippen molar-refractivity contribution < 1.29 is 13.9 Å². The third-order valence-electron chi connectivity index (χ3n) is 4.45. The number of pyridine rings is 1. The number of rotatable bonds is 6. The molecule has 152 valence electrons. The molecule has 0 aliphatic rings. The molecule has 0 saturated carbocycles. The molecule has 2 aromatic heterocycles. The number of nitrogens with zero attached hydrogens (tertiary/aromatic N) is 5. The zero-order valence-electron chi connectivity index (χ0n) is 16.3. The Balaban J connectivity index is 1.57. The Hall–Kier alpha value is -4.01. The standard InChI is InChI=1S/C21H18FN5O3/c1-14-7-5-9-17(27-21(28)26(2)24-25-27)15(14)13-29-19-11-6-12-20(23-19)30-18-10-4-3-8-16(18)22/h3-12H,13H2,1-2H3. The number of para-hydroxylation sites is 1. The van der Waals surface area contributed by atoms with Crippen molar-refractivity contribution in [2.24, 2.45) is 7.05 Å². The Labute approximate surface area is 171 Å². The second-order valence-electron chi connectivity index (χ2n) is 6.50. The van der Waals surface area contributed by atoms with Crippen molar-refractivity contribution in [3.8, 4) is 23.2 Å². The summed E-state index contributed by atoms with van der Waals surface area (Å²) in [5.74, 6) is 0.0900. The fourth-order valence-corrected chi connectivity index (χ4v) is 2.86. The Kier molecular flexibility index (Phi) is 5.25. The summed E-state index contributed by atoms with van der Waals surface area (Å²) < 4.78 is 27.5. The van der Waals surface area contributed by atoms with Crippen LogP contribution in [0.25, 0.3) is 5.69 Å². The zero-order valence-corrected chi connectivity index (χ0v) is 16.3. The van der Waals surface area contributed by atoms with E-state index in [0.29, 0.717) is 11.6 Å². The summed E-state index contributed by atoms with van der Waals surface area (Å²) in [6.07, 6.45) is 0. The number of aryl methyl sites for hydroxylation is 2. The highest BCUT2D eigenvalue weighted by Gasteiger charge is 2.14. The van der Waals surface area contributed by atoms with E-state index in [-0.39, 0.29) is 23.9 Å². The van der Waals surface area contributed by atoms with E-state index in [1.165, 1.54) is 23.9 Å². The van der Waals surface area contributed by atoms with Crippen LogP contribution in [-0.2, 0) is 13.7 Å². The van der Waals surface area contributed by atoms with E-state index in [0.717, 1.165) is 15.8 Å². The maximum Gasteiger partial charge on any atom is 0.368 e. The minimum Gasteiger partial charge on any atom is -0.473 e. The highest BCUT2D eigenvalue weighted by molar-refractivity contribution is 5.44. The lowest BCUT2D eigenvalue weighted by atomic mass is 10.1. The predicted octanol–water partition coefficient (Wildman–Crippen LogP) is 3.18. The molecule has 0 amide bonds. The number of halogens is 1. The molecule has 2 aromatic carbocycles. The molecular weight excluding hydrogens is 389 g/mol. The lowest BCUT2D eigenvalue weighted by Gasteiger charge is -2.13. The van der Waals surface area contributed by atoms with Crippen molar-refractivity contribution in [3.63, 3.8) is 0 Å². The first-order valence-corrected chi connectivity index (χ1v) is 9.13. The van der Waals surface area contributed by atoms with E-state index >= 15 is 0 Å². The average Bonchev–Trinajstić information content (AvgIpc) is 3.07. The van der Waals surface area contributed by atoms with Gasteiger partial charge >= 0.3 is 5.69 Å². The Bertz CT molecular complexity index is 1250. The smallest absolute Gasteiger partial charge is 0.368 e. The number of ether oxygens (including phenoxy) is 2. The topological polar surface area (TPSA) is 84.1 Å². The molecule has 0 radical (unpaired) electrons. The van der Waals surface area contributed by atoms with Crippen LogP contribution in [-0.4, -0.2) is 24.8 Å². The molecule has 8 nitrogen and oxygen atoms in total. The lowest BCUT2D eigenvalue weighted by Crippen LogP contribution is -2.23. The van der Waals surface area contributed by atoms with Gasteiger partial charge in [0.05, 0.1) is 5.69 Å². The number of hydrogen-bond donors (Lipinski definition) is 0. The van der Waals surface area contributed by atoms with E-state index < -0.39 is 5.82 Å². The van der Waals surface area contributed by atoms with Crippen molar-refractivity contribution in [2.45, 2.75) is 13.5 Å². The molecule has 0 aliphatic heterocycles. The maximum absolute atomic E-state index is 13.8. The quantitative estimate of drug-likeness (QED) is 0.488. The summed E-state index contributed by atoms with van der Waals surface area (Å²) in [7, 11) is 1.53. The van der Waals surface area contributed by atoms with Gasteiger partial charge in [0.2, 0.25) is 11.8 Å². The van der Waals surface area contributed by atoms with Crippen molar-refractivity contribution in [2.75, 3.05) is 0 Å². The van der Waals surface area contributed by atoms with E-state index in [1.54, 1.807) is 36.4 Å². The summed E-state index contributed by atoms with van der Waals surface area (Å²) >= 11 is 0. The number of hydrogen-bond acceptors (Lipinski definition) is 6. The van der Waals surface area contributed by atoms with E-state index in [2.05, 4.69) is 15.4 Å². The average molecular weight is 407 g/mol. The molecule has 30 heavy (non-hydrogen) atoms. The maximum atomic E-state index is 13.8. The van der Waals surface area contributed by atoms with Crippen LogP contribution in [0.3, 0.4) is 0 Å². The highest BCUT2D eigenvalue weighted by atomic mass is 19.1. The van der Waals surface area contributed by atoms with Gasteiger partial charge in [0.25, 0.3) is 0 Å². The van der Waals surface area contributed by atoms with Crippen molar-refractivity contribution in [1.29, 1.82) is 0 Å². The SMILES string of the molecule is Cc1cccc(-n2nnn(C)c2=O)c1COc1cccc(Oc2ccccc2F)n1. The molecule has 0 N–H and O–H groups in total. The Morgan fingerprint density at radius 3 is 2.50 bits per heavy atom. The van der Waals surface area contributed by atoms with Crippen molar-refractivity contribution in [3.05, 3.63) is 88.1 Å².